The maximum Gasteiger partial charge on any atom is 0.338 e. The number of ether oxygens (including phenoxy) is 4. The molecule has 192 valence electrons. The minimum atomic E-state index is -0.981. The van der Waals surface area contributed by atoms with Gasteiger partial charge in [0.1, 0.15) is 17.4 Å². The van der Waals surface area contributed by atoms with E-state index in [2.05, 4.69) is 15.9 Å². The first kappa shape index (κ1) is 27.0. The van der Waals surface area contributed by atoms with Gasteiger partial charge in [-0.1, -0.05) is 0 Å². The molecule has 2 aromatic carbocycles. The van der Waals surface area contributed by atoms with Crippen molar-refractivity contribution >= 4 is 33.3 Å². The van der Waals surface area contributed by atoms with Crippen molar-refractivity contribution in [1.29, 1.82) is 5.26 Å². The van der Waals surface area contributed by atoms with Crippen molar-refractivity contribution in [3.63, 3.8) is 0 Å². The molecule has 1 heterocycles. The number of nitriles is 1. The van der Waals surface area contributed by atoms with Crippen molar-refractivity contribution in [1.82, 2.24) is 0 Å². The Morgan fingerprint density at radius 1 is 1.22 bits per heavy atom. The standard InChI is InChI=1S/C23H19BrN4O9/c1-4-35-23(29)19-11(2)36-22(26)14(10-25)20(19)12-7-15(24)21(18(8-12)34-3)37-17-6-5-13(27(30)31)9-16(17)28(32)33/h5-9,20H,4,26H2,1-3H3. The Morgan fingerprint density at radius 3 is 2.49 bits per heavy atom. The molecule has 3 rings (SSSR count). The number of carbonyl (C=O) groups excluding carboxylic acids is 1. The summed E-state index contributed by atoms with van der Waals surface area (Å²) in [4.78, 5) is 33.7. The number of nitro benzene ring substituents is 2. The van der Waals surface area contributed by atoms with Crippen LogP contribution in [-0.4, -0.2) is 29.5 Å². The highest BCUT2D eigenvalue weighted by atomic mass is 79.9. The van der Waals surface area contributed by atoms with Gasteiger partial charge in [-0.2, -0.15) is 5.26 Å². The Bertz CT molecular complexity index is 1410. The molecular weight excluding hydrogens is 556 g/mol. The largest absolute Gasteiger partial charge is 0.493 e. The molecule has 0 spiro atoms. The summed E-state index contributed by atoms with van der Waals surface area (Å²) in [5.41, 5.74) is 5.20. The molecule has 1 aliphatic rings. The molecule has 0 aromatic heterocycles. The average molecular weight is 575 g/mol. The highest BCUT2D eigenvalue weighted by molar-refractivity contribution is 9.10. The van der Waals surface area contributed by atoms with Crippen LogP contribution >= 0.6 is 15.9 Å². The molecular formula is C23H19BrN4O9. The van der Waals surface area contributed by atoms with Crippen molar-refractivity contribution in [2.24, 2.45) is 5.73 Å². The molecule has 14 heteroatoms. The molecule has 0 radical (unpaired) electrons. The van der Waals surface area contributed by atoms with Gasteiger partial charge in [0.15, 0.2) is 11.5 Å². The van der Waals surface area contributed by atoms with E-state index in [4.69, 9.17) is 24.7 Å². The van der Waals surface area contributed by atoms with Crippen LogP contribution in [0.2, 0.25) is 0 Å². The van der Waals surface area contributed by atoms with Crippen molar-refractivity contribution in [3.05, 3.63) is 83.4 Å². The third kappa shape index (κ3) is 5.31. The predicted molar refractivity (Wildman–Crippen MR) is 131 cm³/mol. The summed E-state index contributed by atoms with van der Waals surface area (Å²) in [6.45, 7) is 3.22. The molecule has 0 saturated heterocycles. The summed E-state index contributed by atoms with van der Waals surface area (Å²) in [7, 11) is 1.31. The lowest BCUT2D eigenvalue weighted by molar-refractivity contribution is -0.394. The second kappa shape index (κ2) is 11.0. The Morgan fingerprint density at radius 2 is 1.92 bits per heavy atom. The van der Waals surface area contributed by atoms with Crippen molar-refractivity contribution < 1.29 is 33.6 Å². The molecule has 1 atom stereocenters. The fraction of sp³-hybridized carbons (Fsp3) is 0.217. The lowest BCUT2D eigenvalue weighted by atomic mass is 9.83. The molecule has 2 N–H and O–H groups in total. The third-order valence-electron chi connectivity index (χ3n) is 5.25. The zero-order valence-corrected chi connectivity index (χ0v) is 21.2. The van der Waals surface area contributed by atoms with E-state index >= 15 is 0 Å². The molecule has 0 bridgehead atoms. The van der Waals surface area contributed by atoms with E-state index in [1.165, 1.54) is 26.2 Å². The van der Waals surface area contributed by atoms with Gasteiger partial charge in [-0.3, -0.25) is 20.2 Å². The minimum absolute atomic E-state index is 0.00380. The average Bonchev–Trinajstić information content (AvgIpc) is 2.84. The third-order valence-corrected chi connectivity index (χ3v) is 5.84. The number of benzene rings is 2. The molecule has 0 fully saturated rings. The molecule has 0 saturated carbocycles. The first-order chi connectivity index (χ1) is 17.5. The van der Waals surface area contributed by atoms with Gasteiger partial charge >= 0.3 is 11.7 Å². The molecule has 37 heavy (non-hydrogen) atoms. The summed E-state index contributed by atoms with van der Waals surface area (Å²) in [6.07, 6.45) is 0. The second-order valence-electron chi connectivity index (χ2n) is 7.42. The SMILES string of the molecule is CCOC(=O)C1=C(C)OC(N)=C(C#N)C1c1cc(Br)c(Oc2ccc([N+](=O)[O-])cc2[N+](=O)[O-])c(OC)c1. The van der Waals surface area contributed by atoms with Crippen LogP contribution in [0.5, 0.6) is 17.2 Å². The normalized spacial score (nSPS) is 14.9. The number of methoxy groups -OCH3 is 1. The number of hydrogen-bond donors (Lipinski definition) is 1. The topological polar surface area (TPSA) is 190 Å². The zero-order valence-electron chi connectivity index (χ0n) is 19.6. The number of nitro groups is 2. The summed E-state index contributed by atoms with van der Waals surface area (Å²) in [5, 5.41) is 32.3. The number of nitrogens with zero attached hydrogens (tertiary/aromatic N) is 3. The number of allylic oxidation sites excluding steroid dienone is 2. The van der Waals surface area contributed by atoms with Gasteiger partial charge in [0.05, 0.1) is 45.6 Å². The molecule has 0 aliphatic carbocycles. The van der Waals surface area contributed by atoms with Crippen LogP contribution in [0.3, 0.4) is 0 Å². The first-order valence-corrected chi connectivity index (χ1v) is 11.3. The van der Waals surface area contributed by atoms with E-state index in [9.17, 15) is 30.3 Å². The number of esters is 1. The van der Waals surface area contributed by atoms with Crippen LogP contribution < -0.4 is 15.2 Å². The van der Waals surface area contributed by atoms with Crippen molar-refractivity contribution in [2.45, 2.75) is 19.8 Å². The van der Waals surface area contributed by atoms with Gasteiger partial charge in [0.25, 0.3) is 5.69 Å². The Balaban J connectivity index is 2.16. The van der Waals surface area contributed by atoms with E-state index in [1.807, 2.05) is 6.07 Å². The van der Waals surface area contributed by atoms with Crippen LogP contribution in [0.25, 0.3) is 0 Å². The quantitative estimate of drug-likeness (QED) is 0.260. The van der Waals surface area contributed by atoms with Gasteiger partial charge < -0.3 is 24.7 Å². The van der Waals surface area contributed by atoms with Crippen LogP contribution in [0, 0.1) is 31.6 Å². The molecule has 13 nitrogen and oxygen atoms in total. The summed E-state index contributed by atoms with van der Waals surface area (Å²) < 4.78 is 22.0. The van der Waals surface area contributed by atoms with Gasteiger partial charge in [-0.25, -0.2) is 4.79 Å². The minimum Gasteiger partial charge on any atom is -0.493 e. The zero-order chi connectivity index (χ0) is 27.4. The van der Waals surface area contributed by atoms with E-state index < -0.39 is 33.1 Å². The number of non-ortho nitro benzene ring substituents is 1. The van der Waals surface area contributed by atoms with Crippen LogP contribution in [0.15, 0.2) is 57.6 Å². The maximum atomic E-state index is 12.8. The van der Waals surface area contributed by atoms with E-state index in [1.54, 1.807) is 6.92 Å². The van der Waals surface area contributed by atoms with Crippen LogP contribution in [-0.2, 0) is 14.3 Å². The smallest absolute Gasteiger partial charge is 0.338 e. The van der Waals surface area contributed by atoms with Crippen molar-refractivity contribution in [2.75, 3.05) is 13.7 Å². The monoisotopic (exact) mass is 574 g/mol. The van der Waals surface area contributed by atoms with Gasteiger partial charge in [-0.15, -0.1) is 0 Å². The lowest BCUT2D eigenvalue weighted by Gasteiger charge is -2.27. The van der Waals surface area contributed by atoms with E-state index in [-0.39, 0.29) is 51.1 Å². The Hall–Kier alpha value is -4.64. The number of rotatable bonds is 8. The van der Waals surface area contributed by atoms with E-state index in [0.29, 0.717) is 5.56 Å². The predicted octanol–water partition coefficient (Wildman–Crippen LogP) is 4.71. The number of hydrogen-bond acceptors (Lipinski definition) is 11. The van der Waals surface area contributed by atoms with Gasteiger partial charge in [0, 0.05) is 6.07 Å². The Kier molecular flexibility index (Phi) is 7.98. The maximum absolute atomic E-state index is 12.8. The lowest BCUT2D eigenvalue weighted by Crippen LogP contribution is -2.25. The molecule has 1 aliphatic heterocycles. The van der Waals surface area contributed by atoms with Crippen LogP contribution in [0.1, 0.15) is 25.3 Å². The summed E-state index contributed by atoms with van der Waals surface area (Å²) in [6, 6.07) is 7.87. The van der Waals surface area contributed by atoms with Gasteiger partial charge in [0.2, 0.25) is 11.6 Å². The number of carbonyl (C=O) groups is 1. The highest BCUT2D eigenvalue weighted by Gasteiger charge is 2.37. The van der Waals surface area contributed by atoms with E-state index in [0.717, 1.165) is 18.2 Å². The fourth-order valence-electron chi connectivity index (χ4n) is 3.65. The molecule has 1 unspecified atom stereocenters. The first-order valence-electron chi connectivity index (χ1n) is 10.5. The number of halogens is 1. The fourth-order valence-corrected chi connectivity index (χ4v) is 4.19. The Labute approximate surface area is 218 Å². The number of nitrogens with two attached hydrogens (primary N) is 1. The van der Waals surface area contributed by atoms with Crippen LogP contribution in [0.4, 0.5) is 11.4 Å². The summed E-state index contributed by atoms with van der Waals surface area (Å²) in [5.74, 6) is -1.93. The molecule has 0 amide bonds. The molecule has 2 aromatic rings. The summed E-state index contributed by atoms with van der Waals surface area (Å²) >= 11 is 3.35. The second-order valence-corrected chi connectivity index (χ2v) is 8.27. The van der Waals surface area contributed by atoms with Gasteiger partial charge in [-0.05, 0) is 53.5 Å². The highest BCUT2D eigenvalue weighted by Crippen LogP contribution is 2.47. The van der Waals surface area contributed by atoms with Crippen molar-refractivity contribution in [3.8, 4) is 23.3 Å².